The largest absolute Gasteiger partial charge is 0.451 e. The molecule has 3 rings (SSSR count). The number of carbonyl (C=O) groups is 2. The second-order valence-corrected chi connectivity index (χ2v) is 9.86. The summed E-state index contributed by atoms with van der Waals surface area (Å²) in [6.07, 6.45) is -2.52. The Kier molecular flexibility index (Phi) is 7.68. The third-order valence-electron chi connectivity index (χ3n) is 5.21. The third-order valence-corrected chi connectivity index (χ3v) is 5.73. The van der Waals surface area contributed by atoms with Crippen molar-refractivity contribution >= 4 is 27.9 Å². The fraction of sp³-hybridized carbons (Fsp3) is 0.500. The molecule has 1 fully saturated rings. The number of aromatic nitrogens is 3. The summed E-state index contributed by atoms with van der Waals surface area (Å²) in [5, 5.41) is 2.69. The maximum atomic E-state index is 14.6. The number of pyridine rings is 1. The van der Waals surface area contributed by atoms with Crippen molar-refractivity contribution in [3.63, 3.8) is 0 Å². The molecule has 0 bridgehead atoms. The molecule has 35 heavy (non-hydrogen) atoms. The van der Waals surface area contributed by atoms with E-state index in [1.807, 2.05) is 6.92 Å². The number of amides is 2. The summed E-state index contributed by atoms with van der Waals surface area (Å²) in [5.74, 6) is -2.59. The molecule has 0 aromatic carbocycles. The standard InChI is InChI=1S/C22H24BrF4N5O3/c1-11-5-6-15(32(11)20(34)35-21(2,3)4)18(33)28-10-13-7-14(16(24)17(23)31-13)12-8-29-19(30-9-12)22(25,26)27/h7-9,11,15H,5-6,10H2,1-4H3,(H,28,33). The highest BCUT2D eigenvalue weighted by Gasteiger charge is 2.41. The van der Waals surface area contributed by atoms with E-state index >= 15 is 0 Å². The number of nitrogens with one attached hydrogen (secondary N) is 1. The molecule has 2 unspecified atom stereocenters. The number of carbonyl (C=O) groups excluding carboxylic acids is 2. The molecule has 2 aromatic rings. The SMILES string of the molecule is CC1CCC(C(=O)NCc2cc(-c3cnc(C(F)(F)F)nc3)c(F)c(Br)n2)N1C(=O)OC(C)(C)C. The van der Waals surface area contributed by atoms with Crippen molar-refractivity contribution in [2.75, 3.05) is 0 Å². The average Bonchev–Trinajstić information content (AvgIpc) is 3.14. The van der Waals surface area contributed by atoms with Gasteiger partial charge in [-0.3, -0.25) is 9.69 Å². The van der Waals surface area contributed by atoms with E-state index in [-0.39, 0.29) is 34.0 Å². The first kappa shape index (κ1) is 26.8. The van der Waals surface area contributed by atoms with Crippen molar-refractivity contribution in [3.8, 4) is 11.1 Å². The number of alkyl halides is 3. The Balaban J connectivity index is 1.76. The van der Waals surface area contributed by atoms with E-state index < -0.39 is 41.5 Å². The van der Waals surface area contributed by atoms with E-state index in [0.717, 1.165) is 12.4 Å². The first-order valence-electron chi connectivity index (χ1n) is 10.7. The summed E-state index contributed by atoms with van der Waals surface area (Å²) in [7, 11) is 0. The van der Waals surface area contributed by atoms with Crippen LogP contribution >= 0.6 is 15.9 Å². The van der Waals surface area contributed by atoms with Gasteiger partial charge in [-0.25, -0.2) is 24.1 Å². The molecule has 8 nitrogen and oxygen atoms in total. The first-order chi connectivity index (χ1) is 16.2. The fourth-order valence-corrected chi connectivity index (χ4v) is 4.06. The van der Waals surface area contributed by atoms with Crippen LogP contribution in [-0.4, -0.2) is 49.5 Å². The van der Waals surface area contributed by atoms with Crippen LogP contribution in [0.15, 0.2) is 23.1 Å². The molecule has 0 spiro atoms. The van der Waals surface area contributed by atoms with Gasteiger partial charge in [0, 0.05) is 29.6 Å². The minimum atomic E-state index is -4.73. The molecule has 1 saturated heterocycles. The van der Waals surface area contributed by atoms with Gasteiger partial charge in [0.05, 0.1) is 12.2 Å². The minimum Gasteiger partial charge on any atom is -0.444 e. The highest BCUT2D eigenvalue weighted by atomic mass is 79.9. The zero-order valence-electron chi connectivity index (χ0n) is 19.4. The van der Waals surface area contributed by atoms with E-state index in [2.05, 4.69) is 36.2 Å². The Morgan fingerprint density at radius 3 is 2.40 bits per heavy atom. The lowest BCUT2D eigenvalue weighted by atomic mass is 10.1. The van der Waals surface area contributed by atoms with Crippen molar-refractivity contribution in [3.05, 3.63) is 40.4 Å². The maximum absolute atomic E-state index is 14.6. The van der Waals surface area contributed by atoms with E-state index in [1.165, 1.54) is 11.0 Å². The summed E-state index contributed by atoms with van der Waals surface area (Å²) >= 11 is 2.99. The Labute approximate surface area is 207 Å². The normalized spacial score (nSPS) is 18.5. The van der Waals surface area contributed by atoms with Gasteiger partial charge in [0.2, 0.25) is 11.7 Å². The predicted molar refractivity (Wildman–Crippen MR) is 120 cm³/mol. The van der Waals surface area contributed by atoms with Crippen LogP contribution in [0, 0.1) is 5.82 Å². The second-order valence-electron chi connectivity index (χ2n) is 9.11. The van der Waals surface area contributed by atoms with Gasteiger partial charge in [-0.05, 0) is 62.5 Å². The van der Waals surface area contributed by atoms with Crippen LogP contribution in [0.2, 0.25) is 0 Å². The van der Waals surface area contributed by atoms with Crippen LogP contribution in [0.25, 0.3) is 11.1 Å². The molecule has 2 amide bonds. The predicted octanol–water partition coefficient (Wildman–Crippen LogP) is 4.86. The van der Waals surface area contributed by atoms with Gasteiger partial charge in [0.25, 0.3) is 0 Å². The smallest absolute Gasteiger partial charge is 0.444 e. The summed E-state index contributed by atoms with van der Waals surface area (Å²) < 4.78 is 58.0. The lowest BCUT2D eigenvalue weighted by Gasteiger charge is -2.30. The molecule has 0 radical (unpaired) electrons. The Morgan fingerprint density at radius 1 is 1.20 bits per heavy atom. The Bertz CT molecular complexity index is 1110. The third kappa shape index (κ3) is 6.44. The number of rotatable bonds is 4. The van der Waals surface area contributed by atoms with Crippen LogP contribution in [0.4, 0.5) is 22.4 Å². The number of hydrogen-bond donors (Lipinski definition) is 1. The molecule has 13 heteroatoms. The van der Waals surface area contributed by atoms with Crippen LogP contribution in [0.5, 0.6) is 0 Å². The summed E-state index contributed by atoms with van der Waals surface area (Å²) in [5.41, 5.74) is -0.568. The van der Waals surface area contributed by atoms with Crippen molar-refractivity contribution in [1.82, 2.24) is 25.2 Å². The molecule has 2 aromatic heterocycles. The molecule has 1 aliphatic heterocycles. The maximum Gasteiger partial charge on any atom is 0.451 e. The van der Waals surface area contributed by atoms with Crippen molar-refractivity contribution < 1.29 is 31.9 Å². The Morgan fingerprint density at radius 2 is 1.83 bits per heavy atom. The number of likely N-dealkylation sites (tertiary alicyclic amines) is 1. The zero-order chi connectivity index (χ0) is 26.1. The summed E-state index contributed by atoms with van der Waals surface area (Å²) in [4.78, 5) is 37.4. The lowest BCUT2D eigenvalue weighted by Crippen LogP contribution is -2.49. The van der Waals surface area contributed by atoms with Crippen LogP contribution in [0.1, 0.15) is 52.1 Å². The zero-order valence-corrected chi connectivity index (χ0v) is 21.0. The number of ether oxygens (including phenoxy) is 1. The van der Waals surface area contributed by atoms with E-state index in [4.69, 9.17) is 4.74 Å². The number of nitrogens with zero attached hydrogens (tertiary/aromatic N) is 4. The number of hydrogen-bond acceptors (Lipinski definition) is 6. The molecule has 2 atom stereocenters. The first-order valence-corrected chi connectivity index (χ1v) is 11.5. The van der Waals surface area contributed by atoms with Crippen molar-refractivity contribution in [1.29, 1.82) is 0 Å². The molecule has 190 valence electrons. The molecule has 1 N–H and O–H groups in total. The fourth-order valence-electron chi connectivity index (χ4n) is 3.62. The van der Waals surface area contributed by atoms with E-state index in [0.29, 0.717) is 12.8 Å². The van der Waals surface area contributed by atoms with Gasteiger partial charge < -0.3 is 10.1 Å². The van der Waals surface area contributed by atoms with Gasteiger partial charge in [-0.1, -0.05) is 0 Å². The number of halogens is 5. The monoisotopic (exact) mass is 561 g/mol. The Hall–Kier alpha value is -2.83. The summed E-state index contributed by atoms with van der Waals surface area (Å²) in [6.45, 7) is 6.92. The van der Waals surface area contributed by atoms with Crippen molar-refractivity contribution in [2.24, 2.45) is 0 Å². The van der Waals surface area contributed by atoms with Gasteiger partial charge in [0.1, 0.15) is 16.2 Å². The van der Waals surface area contributed by atoms with E-state index in [1.54, 1.807) is 20.8 Å². The van der Waals surface area contributed by atoms with Gasteiger partial charge in [0.15, 0.2) is 5.82 Å². The topological polar surface area (TPSA) is 97.3 Å². The highest BCUT2D eigenvalue weighted by Crippen LogP contribution is 2.30. The average molecular weight is 562 g/mol. The quantitative estimate of drug-likeness (QED) is 0.422. The molecule has 0 saturated carbocycles. The van der Waals surface area contributed by atoms with Gasteiger partial charge in [-0.2, -0.15) is 13.2 Å². The van der Waals surface area contributed by atoms with Crippen molar-refractivity contribution in [2.45, 2.75) is 70.9 Å². The van der Waals surface area contributed by atoms with Crippen LogP contribution in [-0.2, 0) is 22.3 Å². The molecule has 0 aliphatic carbocycles. The van der Waals surface area contributed by atoms with Crippen LogP contribution in [0.3, 0.4) is 0 Å². The second kappa shape index (κ2) is 10.0. The van der Waals surface area contributed by atoms with Gasteiger partial charge >= 0.3 is 12.3 Å². The lowest BCUT2D eigenvalue weighted by molar-refractivity contribution is -0.145. The highest BCUT2D eigenvalue weighted by molar-refractivity contribution is 9.10. The van der Waals surface area contributed by atoms with E-state index in [9.17, 15) is 27.2 Å². The molecular formula is C22H24BrF4N5O3. The molecular weight excluding hydrogens is 538 g/mol. The van der Waals surface area contributed by atoms with Gasteiger partial charge in [-0.15, -0.1) is 0 Å². The summed E-state index contributed by atoms with van der Waals surface area (Å²) in [6, 6.07) is 0.353. The van der Waals surface area contributed by atoms with Crippen LogP contribution < -0.4 is 5.32 Å². The molecule has 1 aliphatic rings. The molecule has 3 heterocycles. The minimum absolute atomic E-state index is 0.00638.